The summed E-state index contributed by atoms with van der Waals surface area (Å²) >= 11 is 0. The van der Waals surface area contributed by atoms with Gasteiger partial charge >= 0.3 is 35.8 Å². The van der Waals surface area contributed by atoms with Gasteiger partial charge in [0.25, 0.3) is 0 Å². The molecule has 0 aromatic rings. The number of halogens is 1. The van der Waals surface area contributed by atoms with E-state index in [1.54, 1.807) is 0 Å². The number of ether oxygens (including phenoxy) is 9. The van der Waals surface area contributed by atoms with E-state index in [1.165, 1.54) is 0 Å². The summed E-state index contributed by atoms with van der Waals surface area (Å²) in [6.45, 7) is 4.87. The fourth-order valence-corrected chi connectivity index (χ4v) is 4.14. The van der Waals surface area contributed by atoms with Gasteiger partial charge in [0, 0.05) is 41.5 Å². The highest BCUT2D eigenvalue weighted by Gasteiger charge is 2.56. The number of aliphatic hydroxyl groups is 1. The zero-order chi connectivity index (χ0) is 31.0. The highest BCUT2D eigenvalue weighted by molar-refractivity contribution is 5.68. The van der Waals surface area contributed by atoms with E-state index < -0.39 is 111 Å². The third-order valence-electron chi connectivity index (χ3n) is 5.60. The molecule has 0 amide bonds. The van der Waals surface area contributed by atoms with Crippen LogP contribution in [0.15, 0.2) is 0 Å². The second kappa shape index (κ2) is 15.0. The minimum atomic E-state index is -2.38. The lowest BCUT2D eigenvalue weighted by atomic mass is 9.96. The monoisotopic (exact) mass is 596 g/mol. The Hall–Kier alpha value is -3.41. The van der Waals surface area contributed by atoms with Gasteiger partial charge < -0.3 is 47.7 Å². The first-order valence-corrected chi connectivity index (χ1v) is 12.3. The van der Waals surface area contributed by atoms with Crippen molar-refractivity contribution in [3.63, 3.8) is 0 Å². The van der Waals surface area contributed by atoms with Crippen molar-refractivity contribution in [1.82, 2.24) is 0 Å². The van der Waals surface area contributed by atoms with Crippen molar-refractivity contribution < 1.29 is 80.9 Å². The van der Waals surface area contributed by atoms with Crippen LogP contribution in [0.1, 0.15) is 41.5 Å². The molecule has 232 valence electrons. The molecule has 0 aliphatic carbocycles. The quantitative estimate of drug-likeness (QED) is 0.237. The molecular weight excluding hydrogens is 563 g/mol. The Balaban J connectivity index is 2.57. The molecule has 17 heteroatoms. The number of carbonyl (C=O) groups is 6. The van der Waals surface area contributed by atoms with Crippen molar-refractivity contribution in [2.45, 2.75) is 103 Å². The molecule has 0 aromatic carbocycles. The lowest BCUT2D eigenvalue weighted by Crippen LogP contribution is -2.66. The first kappa shape index (κ1) is 33.8. The summed E-state index contributed by atoms with van der Waals surface area (Å²) in [5, 5.41) is 10.8. The summed E-state index contributed by atoms with van der Waals surface area (Å²) in [6, 6.07) is 0. The number of carbonyl (C=O) groups excluding carboxylic acids is 6. The molecule has 1 N–H and O–H groups in total. The standard InChI is InChI=1S/C24H33FO16/c1-9(26)33-7-15-17(32)19(35-11(3)28)22(38-14(6)31)24(40-15)41-18-16(8-34-10(2)27)39-23(25)21(37-13(5)30)20(18)36-12(4)29/h15-24,32H,7-8H2,1-6H3/t15-,16-,17-,18-,19+,20+,21-,22-,23+,24-/m1/s1. The lowest BCUT2D eigenvalue weighted by molar-refractivity contribution is -0.351. The van der Waals surface area contributed by atoms with Crippen molar-refractivity contribution in [2.75, 3.05) is 13.2 Å². The largest absolute Gasteiger partial charge is 0.463 e. The predicted molar refractivity (Wildman–Crippen MR) is 125 cm³/mol. The minimum Gasteiger partial charge on any atom is -0.463 e. The van der Waals surface area contributed by atoms with E-state index in [4.69, 9.17) is 42.6 Å². The van der Waals surface area contributed by atoms with E-state index in [-0.39, 0.29) is 0 Å². The molecule has 2 rings (SSSR count). The average molecular weight is 597 g/mol. The molecule has 2 heterocycles. The van der Waals surface area contributed by atoms with Crippen molar-refractivity contribution >= 4 is 35.8 Å². The molecule has 10 atom stereocenters. The van der Waals surface area contributed by atoms with Gasteiger partial charge in [0.2, 0.25) is 6.36 Å². The zero-order valence-electron chi connectivity index (χ0n) is 23.1. The van der Waals surface area contributed by atoms with E-state index in [9.17, 15) is 33.9 Å². The minimum absolute atomic E-state index is 0.574. The molecule has 0 saturated carbocycles. The summed E-state index contributed by atoms with van der Waals surface area (Å²) in [5.74, 6) is -5.30. The summed E-state index contributed by atoms with van der Waals surface area (Å²) in [5.41, 5.74) is 0. The fourth-order valence-electron chi connectivity index (χ4n) is 4.14. The number of hydrogen-bond acceptors (Lipinski definition) is 16. The number of aliphatic hydroxyl groups excluding tert-OH is 1. The highest BCUT2D eigenvalue weighted by atomic mass is 19.1. The Morgan fingerprint density at radius 2 is 1.02 bits per heavy atom. The summed E-state index contributed by atoms with van der Waals surface area (Å²) in [6.07, 6.45) is -17.5. The van der Waals surface area contributed by atoms with Crippen LogP contribution in [0.4, 0.5) is 4.39 Å². The van der Waals surface area contributed by atoms with Gasteiger partial charge in [-0.05, 0) is 0 Å². The molecule has 16 nitrogen and oxygen atoms in total. The Morgan fingerprint density at radius 3 is 1.51 bits per heavy atom. The third-order valence-corrected chi connectivity index (χ3v) is 5.60. The van der Waals surface area contributed by atoms with Crippen LogP contribution in [-0.2, 0) is 71.4 Å². The number of hydrogen-bond donors (Lipinski definition) is 1. The molecule has 0 spiro atoms. The van der Waals surface area contributed by atoms with E-state index >= 15 is 4.39 Å². The molecule has 2 aliphatic heterocycles. The lowest BCUT2D eigenvalue weighted by Gasteiger charge is -2.47. The number of esters is 6. The molecule has 2 aliphatic rings. The maximum atomic E-state index is 15.1. The zero-order valence-corrected chi connectivity index (χ0v) is 23.1. The first-order valence-electron chi connectivity index (χ1n) is 12.3. The van der Waals surface area contributed by atoms with E-state index in [0.29, 0.717) is 0 Å². The Labute approximate surface area is 233 Å². The topological polar surface area (TPSA) is 206 Å². The summed E-state index contributed by atoms with van der Waals surface area (Å²) in [7, 11) is 0. The van der Waals surface area contributed by atoms with Gasteiger partial charge in [-0.25, -0.2) is 4.39 Å². The van der Waals surface area contributed by atoms with Crippen LogP contribution in [-0.4, -0.2) is 116 Å². The molecular formula is C24H33FO16. The molecule has 0 unspecified atom stereocenters. The van der Waals surface area contributed by atoms with Crippen molar-refractivity contribution in [1.29, 1.82) is 0 Å². The van der Waals surface area contributed by atoms with E-state index in [1.807, 2.05) is 0 Å². The number of rotatable bonds is 10. The molecule has 0 bridgehead atoms. The van der Waals surface area contributed by atoms with Gasteiger partial charge in [0.1, 0.15) is 37.6 Å². The van der Waals surface area contributed by atoms with Crippen LogP contribution >= 0.6 is 0 Å². The highest BCUT2D eigenvalue weighted by Crippen LogP contribution is 2.34. The molecule has 2 saturated heterocycles. The van der Waals surface area contributed by atoms with Crippen LogP contribution in [0, 0.1) is 0 Å². The molecule has 0 radical (unpaired) electrons. The predicted octanol–water partition coefficient (Wildman–Crippen LogP) is -0.995. The van der Waals surface area contributed by atoms with Gasteiger partial charge in [-0.1, -0.05) is 0 Å². The fraction of sp³-hybridized carbons (Fsp3) is 0.750. The van der Waals surface area contributed by atoms with Gasteiger partial charge in [-0.2, -0.15) is 0 Å². The van der Waals surface area contributed by atoms with Gasteiger partial charge in [-0.3, -0.25) is 28.8 Å². The Bertz CT molecular complexity index is 987. The van der Waals surface area contributed by atoms with E-state index in [2.05, 4.69) is 0 Å². The van der Waals surface area contributed by atoms with Crippen LogP contribution in [0.25, 0.3) is 0 Å². The number of alkyl halides is 1. The van der Waals surface area contributed by atoms with Crippen LogP contribution in [0.5, 0.6) is 0 Å². The van der Waals surface area contributed by atoms with Gasteiger partial charge in [0.05, 0.1) is 0 Å². The van der Waals surface area contributed by atoms with Crippen LogP contribution in [0.3, 0.4) is 0 Å². The van der Waals surface area contributed by atoms with Crippen molar-refractivity contribution in [2.24, 2.45) is 0 Å². The SMILES string of the molecule is CC(=O)OC[C@H]1O[C@H](O[C@H]2[C@H](OC(C)=O)[C@@H](OC(C)=O)[C@@H](F)O[C@@H]2COC(C)=O)[C@H](OC(C)=O)[C@@H](OC(C)=O)[C@@H]1O. The second-order valence-corrected chi connectivity index (χ2v) is 9.06. The van der Waals surface area contributed by atoms with Crippen molar-refractivity contribution in [3.05, 3.63) is 0 Å². The van der Waals surface area contributed by atoms with Crippen LogP contribution < -0.4 is 0 Å². The smallest absolute Gasteiger partial charge is 0.303 e. The van der Waals surface area contributed by atoms with Crippen LogP contribution in [0.2, 0.25) is 0 Å². The second-order valence-electron chi connectivity index (χ2n) is 9.06. The maximum Gasteiger partial charge on any atom is 0.303 e. The Morgan fingerprint density at radius 1 is 0.585 bits per heavy atom. The van der Waals surface area contributed by atoms with Gasteiger partial charge in [-0.15, -0.1) is 0 Å². The third kappa shape index (κ3) is 9.87. The molecule has 0 aromatic heterocycles. The first-order chi connectivity index (χ1) is 19.1. The molecule has 41 heavy (non-hydrogen) atoms. The summed E-state index contributed by atoms with van der Waals surface area (Å²) in [4.78, 5) is 70.4. The maximum absolute atomic E-state index is 15.1. The Kier molecular flexibility index (Phi) is 12.4. The van der Waals surface area contributed by atoms with E-state index in [0.717, 1.165) is 41.5 Å². The molecule has 2 fully saturated rings. The van der Waals surface area contributed by atoms with Gasteiger partial charge in [0.15, 0.2) is 30.7 Å². The normalized spacial score (nSPS) is 33.1. The summed E-state index contributed by atoms with van der Waals surface area (Å²) < 4.78 is 62.5. The average Bonchev–Trinajstić information content (AvgIpc) is 2.83. The van der Waals surface area contributed by atoms with Crippen molar-refractivity contribution in [3.8, 4) is 0 Å².